The Bertz CT molecular complexity index is 1340. The Hall–Kier alpha value is -4.28. The second kappa shape index (κ2) is 13.2. The van der Waals surface area contributed by atoms with Crippen molar-refractivity contribution in [2.75, 3.05) is 33.2 Å². The number of methoxy groups -OCH3 is 3. The van der Waals surface area contributed by atoms with Crippen molar-refractivity contribution in [1.82, 2.24) is 10.6 Å². The van der Waals surface area contributed by atoms with Crippen LogP contribution in [0.25, 0.3) is 11.1 Å². The number of anilines is 1. The van der Waals surface area contributed by atoms with E-state index in [1.807, 2.05) is 19.9 Å². The Morgan fingerprint density at radius 3 is 2.33 bits per heavy atom. The summed E-state index contributed by atoms with van der Waals surface area (Å²) in [4.78, 5) is 49.4. The lowest BCUT2D eigenvalue weighted by molar-refractivity contribution is -0.137. The van der Waals surface area contributed by atoms with Gasteiger partial charge in [0.2, 0.25) is 23.0 Å². The Labute approximate surface area is 233 Å². The summed E-state index contributed by atoms with van der Waals surface area (Å²) in [6.45, 7) is 5.05. The number of carboxylic acids is 1. The van der Waals surface area contributed by atoms with Gasteiger partial charge in [0, 0.05) is 19.0 Å². The van der Waals surface area contributed by atoms with Crippen LogP contribution in [0.5, 0.6) is 17.2 Å². The number of carboxylic acid groups (broad SMARTS) is 1. The van der Waals surface area contributed by atoms with Gasteiger partial charge in [0.15, 0.2) is 11.5 Å². The molecule has 1 aliphatic carbocycles. The molecule has 0 spiro atoms. The van der Waals surface area contributed by atoms with Crippen LogP contribution in [0, 0.1) is 5.92 Å². The van der Waals surface area contributed by atoms with Gasteiger partial charge in [0.1, 0.15) is 6.04 Å². The van der Waals surface area contributed by atoms with Crippen LogP contribution in [-0.2, 0) is 20.8 Å². The molecule has 4 N–H and O–H groups in total. The van der Waals surface area contributed by atoms with Crippen LogP contribution in [0.4, 0.5) is 5.69 Å². The van der Waals surface area contributed by atoms with Gasteiger partial charge in [0.05, 0.1) is 39.5 Å². The molecule has 2 unspecified atom stereocenters. The third-order valence-corrected chi connectivity index (χ3v) is 6.81. The number of benzene rings is 1. The molecule has 0 radical (unpaired) electrons. The van der Waals surface area contributed by atoms with Crippen LogP contribution in [0.15, 0.2) is 29.1 Å². The number of ether oxygens (including phenoxy) is 3. The lowest BCUT2D eigenvalue weighted by atomic mass is 9.95. The molecule has 40 heavy (non-hydrogen) atoms. The maximum Gasteiger partial charge on any atom is 0.305 e. The molecule has 216 valence electrons. The number of carbonyl (C=O) groups is 3. The molecule has 2 amide bonds. The highest BCUT2D eigenvalue weighted by Crippen LogP contribution is 2.50. The molecule has 0 bridgehead atoms. The molecule has 1 aliphatic rings. The van der Waals surface area contributed by atoms with E-state index in [2.05, 4.69) is 16.0 Å². The van der Waals surface area contributed by atoms with Gasteiger partial charge in [0.25, 0.3) is 0 Å². The zero-order chi connectivity index (χ0) is 29.6. The number of nitrogens with one attached hydrogen (secondary N) is 3. The van der Waals surface area contributed by atoms with E-state index in [9.17, 15) is 19.2 Å². The summed E-state index contributed by atoms with van der Waals surface area (Å²) >= 11 is 0. The predicted molar refractivity (Wildman–Crippen MR) is 150 cm³/mol. The van der Waals surface area contributed by atoms with Crippen molar-refractivity contribution in [1.29, 1.82) is 0 Å². The van der Waals surface area contributed by atoms with Gasteiger partial charge < -0.3 is 35.3 Å². The van der Waals surface area contributed by atoms with E-state index in [1.165, 1.54) is 27.2 Å². The lowest BCUT2D eigenvalue weighted by Gasteiger charge is -2.22. The topological polar surface area (TPSA) is 152 Å². The first-order valence-corrected chi connectivity index (χ1v) is 13.1. The number of carbonyl (C=O) groups excluding carboxylic acids is 2. The number of hydrogen-bond donors (Lipinski definition) is 4. The van der Waals surface area contributed by atoms with Gasteiger partial charge in [-0.15, -0.1) is 0 Å². The molecule has 11 heteroatoms. The molecule has 0 heterocycles. The quantitative estimate of drug-likeness (QED) is 0.328. The zero-order valence-electron chi connectivity index (χ0n) is 23.7. The third kappa shape index (κ3) is 6.64. The van der Waals surface area contributed by atoms with Crippen molar-refractivity contribution in [3.63, 3.8) is 0 Å². The number of hydrogen-bond acceptors (Lipinski definition) is 8. The molecule has 0 saturated heterocycles. The maximum absolute atomic E-state index is 13.5. The largest absolute Gasteiger partial charge is 0.493 e. The summed E-state index contributed by atoms with van der Waals surface area (Å²) in [6.07, 6.45) is 0.877. The minimum absolute atomic E-state index is 0.0273. The molecule has 0 fully saturated rings. The molecule has 2 aromatic rings. The van der Waals surface area contributed by atoms with E-state index in [-0.39, 0.29) is 35.9 Å². The molecule has 11 nitrogen and oxygen atoms in total. The molecular formula is C29H37N3O8. The molecule has 0 aliphatic heterocycles. The highest BCUT2D eigenvalue weighted by Gasteiger charge is 2.30. The predicted octanol–water partition coefficient (Wildman–Crippen LogP) is 2.89. The average molecular weight is 556 g/mol. The molecular weight excluding hydrogens is 518 g/mol. The Morgan fingerprint density at radius 2 is 1.75 bits per heavy atom. The average Bonchev–Trinajstić information content (AvgIpc) is 3.14. The Balaban J connectivity index is 2.19. The standard InChI is InChI=1S/C29H37N3O8/c1-15(2)26(29(37)30-12-11-24(35)36)32-21-10-8-18-19(14-22(21)34)20(31-16(3)33)9-7-17-13-23(38-4)27(39-5)28(40-6)25(17)18/h8,10,13-15,20,26H,7,9,11-12H2,1-6H3,(H,30,37)(H,31,33)(H,32,34)(H,35,36). The summed E-state index contributed by atoms with van der Waals surface area (Å²) < 4.78 is 17.0. The van der Waals surface area contributed by atoms with Crippen molar-refractivity contribution >= 4 is 23.5 Å². The second-order valence-corrected chi connectivity index (χ2v) is 9.90. The van der Waals surface area contributed by atoms with E-state index >= 15 is 0 Å². The van der Waals surface area contributed by atoms with E-state index < -0.39 is 24.0 Å². The smallest absolute Gasteiger partial charge is 0.305 e. The Morgan fingerprint density at radius 1 is 1.05 bits per heavy atom. The monoisotopic (exact) mass is 555 g/mol. The van der Waals surface area contributed by atoms with Crippen LogP contribution in [0.2, 0.25) is 0 Å². The minimum atomic E-state index is -1.02. The van der Waals surface area contributed by atoms with E-state index in [4.69, 9.17) is 19.3 Å². The molecule has 0 aromatic heterocycles. The molecule has 3 rings (SSSR count). The molecule has 2 atom stereocenters. The summed E-state index contributed by atoms with van der Waals surface area (Å²) in [5.41, 5.74) is 2.70. The number of aliphatic carboxylic acids is 1. The van der Waals surface area contributed by atoms with Gasteiger partial charge in [-0.3, -0.25) is 19.2 Å². The first-order chi connectivity index (χ1) is 19.0. The molecule has 0 saturated carbocycles. The van der Waals surface area contributed by atoms with Crippen LogP contribution in [-0.4, -0.2) is 56.8 Å². The van der Waals surface area contributed by atoms with Crippen LogP contribution in [0.3, 0.4) is 0 Å². The van der Waals surface area contributed by atoms with Gasteiger partial charge >= 0.3 is 5.97 Å². The molecule has 2 aromatic carbocycles. The SMILES string of the molecule is COc1cc2c(c(OC)c1OC)-c1ccc(NC(C(=O)NCCC(=O)O)C(C)C)c(=O)cc1C(NC(C)=O)CC2. The fourth-order valence-corrected chi connectivity index (χ4v) is 4.93. The highest BCUT2D eigenvalue weighted by molar-refractivity contribution is 5.86. The first-order valence-electron chi connectivity index (χ1n) is 13.1. The van der Waals surface area contributed by atoms with Gasteiger partial charge in [-0.05, 0) is 53.6 Å². The number of rotatable bonds is 11. The van der Waals surface area contributed by atoms with Crippen molar-refractivity contribution in [2.45, 2.75) is 52.1 Å². The summed E-state index contributed by atoms with van der Waals surface area (Å²) in [7, 11) is 4.58. The number of amides is 2. The van der Waals surface area contributed by atoms with Gasteiger partial charge in [-0.1, -0.05) is 19.9 Å². The van der Waals surface area contributed by atoms with Crippen molar-refractivity contribution < 1.29 is 33.7 Å². The normalized spacial score (nSPS) is 14.6. The highest BCUT2D eigenvalue weighted by atomic mass is 16.5. The van der Waals surface area contributed by atoms with Crippen molar-refractivity contribution in [3.8, 4) is 28.4 Å². The Kier molecular flexibility index (Phi) is 9.98. The van der Waals surface area contributed by atoms with E-state index in [1.54, 1.807) is 19.2 Å². The van der Waals surface area contributed by atoms with E-state index in [0.29, 0.717) is 41.2 Å². The second-order valence-electron chi connectivity index (χ2n) is 9.90. The first kappa shape index (κ1) is 30.3. The van der Waals surface area contributed by atoms with Gasteiger partial charge in [-0.2, -0.15) is 0 Å². The van der Waals surface area contributed by atoms with Crippen LogP contribution >= 0.6 is 0 Å². The minimum Gasteiger partial charge on any atom is -0.493 e. The van der Waals surface area contributed by atoms with E-state index in [0.717, 1.165) is 11.1 Å². The fraction of sp³-hybridized carbons (Fsp3) is 0.448. The fourth-order valence-electron chi connectivity index (χ4n) is 4.93. The van der Waals surface area contributed by atoms with Crippen molar-refractivity contribution in [2.24, 2.45) is 5.92 Å². The number of fused-ring (bicyclic) bond motifs is 3. The van der Waals surface area contributed by atoms with Crippen LogP contribution in [0.1, 0.15) is 50.8 Å². The van der Waals surface area contributed by atoms with Gasteiger partial charge in [-0.25, -0.2) is 0 Å². The van der Waals surface area contributed by atoms with Crippen molar-refractivity contribution in [3.05, 3.63) is 45.6 Å². The lowest BCUT2D eigenvalue weighted by Crippen LogP contribution is -2.44. The zero-order valence-corrected chi connectivity index (χ0v) is 23.7. The summed E-state index contributed by atoms with van der Waals surface area (Å²) in [5.74, 6) is -0.546. The summed E-state index contributed by atoms with van der Waals surface area (Å²) in [6, 6.07) is 5.47. The maximum atomic E-state index is 13.5. The summed E-state index contributed by atoms with van der Waals surface area (Å²) in [5, 5.41) is 17.5. The van der Waals surface area contributed by atoms with Crippen LogP contribution < -0.4 is 35.6 Å². The number of aryl methyl sites for hydroxylation is 1. The third-order valence-electron chi connectivity index (χ3n) is 6.81.